The van der Waals surface area contributed by atoms with Crippen LogP contribution < -0.4 is 10.5 Å². The van der Waals surface area contributed by atoms with Crippen LogP contribution in [-0.4, -0.2) is 22.1 Å². The first-order valence-corrected chi connectivity index (χ1v) is 4.38. The summed E-state index contributed by atoms with van der Waals surface area (Å²) in [5, 5.41) is 0. The number of nitrogens with two attached hydrogens (primary N) is 1. The van der Waals surface area contributed by atoms with Crippen LogP contribution in [0.5, 0.6) is 5.88 Å². The topological polar surface area (TPSA) is 73.9 Å². The van der Waals surface area contributed by atoms with Crippen LogP contribution in [0.25, 0.3) is 11.4 Å². The van der Waals surface area contributed by atoms with E-state index < -0.39 is 0 Å². The predicted octanol–water partition coefficient (Wildman–Crippen LogP) is 1.13. The molecule has 2 rings (SSSR count). The van der Waals surface area contributed by atoms with Gasteiger partial charge in [0.05, 0.1) is 25.2 Å². The number of rotatable bonds is 2. The first-order valence-electron chi connectivity index (χ1n) is 4.38. The number of nitrogens with zero attached hydrogens (tertiary/aromatic N) is 3. The SMILES string of the molecule is COc1cnc(-c2cccc(N)n2)cn1. The predicted molar refractivity (Wildman–Crippen MR) is 56.2 cm³/mol. The Bertz CT molecular complexity index is 455. The Morgan fingerprint density at radius 2 is 2.00 bits per heavy atom. The highest BCUT2D eigenvalue weighted by Gasteiger charge is 2.02. The van der Waals surface area contributed by atoms with Crippen LogP contribution in [0.2, 0.25) is 0 Å². The van der Waals surface area contributed by atoms with Crippen molar-refractivity contribution < 1.29 is 4.74 Å². The number of aromatic nitrogens is 3. The van der Waals surface area contributed by atoms with Crippen LogP contribution in [0.4, 0.5) is 5.82 Å². The highest BCUT2D eigenvalue weighted by Crippen LogP contribution is 2.15. The van der Waals surface area contributed by atoms with Gasteiger partial charge in [-0.15, -0.1) is 0 Å². The first kappa shape index (κ1) is 9.39. The van der Waals surface area contributed by atoms with Gasteiger partial charge < -0.3 is 10.5 Å². The number of hydrogen-bond donors (Lipinski definition) is 1. The lowest BCUT2D eigenvalue weighted by molar-refractivity contribution is 0.396. The van der Waals surface area contributed by atoms with Gasteiger partial charge >= 0.3 is 0 Å². The molecule has 76 valence electrons. The Kier molecular flexibility index (Phi) is 2.45. The summed E-state index contributed by atoms with van der Waals surface area (Å²) in [5.41, 5.74) is 6.94. The van der Waals surface area contributed by atoms with E-state index in [1.807, 2.05) is 12.1 Å². The molecule has 0 aliphatic carbocycles. The summed E-state index contributed by atoms with van der Waals surface area (Å²) in [6, 6.07) is 5.37. The second kappa shape index (κ2) is 3.91. The third-order valence-electron chi connectivity index (χ3n) is 1.87. The van der Waals surface area contributed by atoms with Gasteiger partial charge in [0, 0.05) is 0 Å². The van der Waals surface area contributed by atoms with Gasteiger partial charge in [-0.3, -0.25) is 0 Å². The summed E-state index contributed by atoms with van der Waals surface area (Å²) in [4.78, 5) is 12.3. The van der Waals surface area contributed by atoms with Crippen molar-refractivity contribution in [1.29, 1.82) is 0 Å². The molecule has 5 nitrogen and oxygen atoms in total. The Hall–Kier alpha value is -2.17. The molecule has 2 aromatic rings. The molecule has 15 heavy (non-hydrogen) atoms. The van der Waals surface area contributed by atoms with Crippen LogP contribution >= 0.6 is 0 Å². The molecule has 0 aliphatic heterocycles. The van der Waals surface area contributed by atoms with Crippen LogP contribution in [0, 0.1) is 0 Å². The molecule has 5 heteroatoms. The number of pyridine rings is 1. The van der Waals surface area contributed by atoms with Crippen molar-refractivity contribution in [3.8, 4) is 17.3 Å². The largest absolute Gasteiger partial charge is 0.480 e. The minimum absolute atomic E-state index is 0.463. The monoisotopic (exact) mass is 202 g/mol. The standard InChI is InChI=1S/C10H10N4O/c1-15-10-6-12-8(5-13-10)7-3-2-4-9(11)14-7/h2-6H,1H3,(H2,11,14). The van der Waals surface area contributed by atoms with E-state index in [0.29, 0.717) is 23.1 Å². The second-order valence-corrected chi connectivity index (χ2v) is 2.89. The molecule has 0 unspecified atom stereocenters. The molecule has 2 N–H and O–H groups in total. The minimum atomic E-state index is 0.463. The lowest BCUT2D eigenvalue weighted by atomic mass is 10.3. The van der Waals surface area contributed by atoms with Gasteiger partial charge in [0.15, 0.2) is 0 Å². The number of nitrogen functional groups attached to an aromatic ring is 1. The zero-order chi connectivity index (χ0) is 10.7. The third kappa shape index (κ3) is 2.01. The fraction of sp³-hybridized carbons (Fsp3) is 0.100. The van der Waals surface area contributed by atoms with E-state index in [9.17, 15) is 0 Å². The quantitative estimate of drug-likeness (QED) is 0.790. The Morgan fingerprint density at radius 1 is 1.13 bits per heavy atom. The lowest BCUT2D eigenvalue weighted by Gasteiger charge is -2.01. The molecule has 0 radical (unpaired) electrons. The molecule has 2 heterocycles. The molecule has 0 amide bonds. The van der Waals surface area contributed by atoms with Crippen LogP contribution in [0.3, 0.4) is 0 Å². The van der Waals surface area contributed by atoms with Crippen molar-refractivity contribution in [2.24, 2.45) is 0 Å². The van der Waals surface area contributed by atoms with E-state index in [-0.39, 0.29) is 0 Å². The molecule has 0 spiro atoms. The van der Waals surface area contributed by atoms with Crippen molar-refractivity contribution in [2.45, 2.75) is 0 Å². The summed E-state index contributed by atoms with van der Waals surface area (Å²) in [5.74, 6) is 0.938. The van der Waals surface area contributed by atoms with Crippen LogP contribution in [0.15, 0.2) is 30.6 Å². The van der Waals surface area contributed by atoms with Gasteiger partial charge in [-0.2, -0.15) is 0 Å². The van der Waals surface area contributed by atoms with Crippen molar-refractivity contribution >= 4 is 5.82 Å². The molecule has 0 fully saturated rings. The minimum Gasteiger partial charge on any atom is -0.480 e. The van der Waals surface area contributed by atoms with Gasteiger partial charge in [-0.25, -0.2) is 15.0 Å². The van der Waals surface area contributed by atoms with Gasteiger partial charge in [0.1, 0.15) is 11.5 Å². The maximum absolute atomic E-state index is 5.57. The number of anilines is 1. The highest BCUT2D eigenvalue weighted by atomic mass is 16.5. The van der Waals surface area contributed by atoms with Gasteiger partial charge in [-0.1, -0.05) is 6.07 Å². The molecule has 0 aliphatic rings. The number of hydrogen-bond acceptors (Lipinski definition) is 5. The Labute approximate surface area is 87.0 Å². The summed E-state index contributed by atoms with van der Waals surface area (Å²) >= 11 is 0. The fourth-order valence-corrected chi connectivity index (χ4v) is 1.15. The lowest BCUT2D eigenvalue weighted by Crippen LogP contribution is -1.94. The Balaban J connectivity index is 2.37. The van der Waals surface area contributed by atoms with Crippen LogP contribution in [-0.2, 0) is 0 Å². The van der Waals surface area contributed by atoms with E-state index in [1.165, 1.54) is 0 Å². The van der Waals surface area contributed by atoms with E-state index in [0.717, 1.165) is 0 Å². The normalized spacial score (nSPS) is 9.93. The van der Waals surface area contributed by atoms with Crippen molar-refractivity contribution in [1.82, 2.24) is 15.0 Å². The maximum Gasteiger partial charge on any atom is 0.232 e. The molecule has 0 saturated heterocycles. The number of methoxy groups -OCH3 is 1. The third-order valence-corrected chi connectivity index (χ3v) is 1.87. The summed E-state index contributed by atoms with van der Waals surface area (Å²) in [6.45, 7) is 0. The van der Waals surface area contributed by atoms with Gasteiger partial charge in [-0.05, 0) is 12.1 Å². The van der Waals surface area contributed by atoms with Crippen molar-refractivity contribution in [2.75, 3.05) is 12.8 Å². The molecule has 0 atom stereocenters. The summed E-state index contributed by atoms with van der Waals surface area (Å²) in [7, 11) is 1.54. The van der Waals surface area contributed by atoms with Crippen LogP contribution in [0.1, 0.15) is 0 Å². The Morgan fingerprint density at radius 3 is 2.60 bits per heavy atom. The highest BCUT2D eigenvalue weighted by molar-refractivity contribution is 5.55. The van der Waals surface area contributed by atoms with E-state index in [4.69, 9.17) is 10.5 Å². The zero-order valence-corrected chi connectivity index (χ0v) is 8.21. The molecule has 0 saturated carbocycles. The van der Waals surface area contributed by atoms with Crippen molar-refractivity contribution in [3.63, 3.8) is 0 Å². The molecule has 0 bridgehead atoms. The zero-order valence-electron chi connectivity index (χ0n) is 8.21. The van der Waals surface area contributed by atoms with E-state index in [2.05, 4.69) is 15.0 Å². The van der Waals surface area contributed by atoms with E-state index >= 15 is 0 Å². The smallest absolute Gasteiger partial charge is 0.232 e. The van der Waals surface area contributed by atoms with Crippen molar-refractivity contribution in [3.05, 3.63) is 30.6 Å². The van der Waals surface area contributed by atoms with Gasteiger partial charge in [0.25, 0.3) is 0 Å². The summed E-state index contributed by atoms with van der Waals surface area (Å²) in [6.07, 6.45) is 3.14. The molecule has 2 aromatic heterocycles. The summed E-state index contributed by atoms with van der Waals surface area (Å²) < 4.78 is 4.91. The van der Waals surface area contributed by atoms with E-state index in [1.54, 1.807) is 25.6 Å². The fourth-order valence-electron chi connectivity index (χ4n) is 1.15. The molecule has 0 aromatic carbocycles. The van der Waals surface area contributed by atoms with Gasteiger partial charge in [0.2, 0.25) is 5.88 Å². The average molecular weight is 202 g/mol. The maximum atomic E-state index is 5.57. The molecular weight excluding hydrogens is 192 g/mol. The second-order valence-electron chi connectivity index (χ2n) is 2.89. The molecular formula is C10H10N4O. The first-order chi connectivity index (χ1) is 7.29. The average Bonchev–Trinajstić information content (AvgIpc) is 2.29. The number of ether oxygens (including phenoxy) is 1.